The number of fused-ring (bicyclic) bond motifs is 1. The van der Waals surface area contributed by atoms with Crippen LogP contribution in [0.4, 0.5) is 22.1 Å². The van der Waals surface area contributed by atoms with E-state index in [-0.39, 0.29) is 11.7 Å². The minimum Gasteiger partial charge on any atom is -0.382 e. The zero-order valence-corrected chi connectivity index (χ0v) is 16.9. The molecule has 0 unspecified atom stereocenters. The lowest BCUT2D eigenvalue weighted by Gasteiger charge is -2.09. The van der Waals surface area contributed by atoms with Crippen LogP contribution in [0.25, 0.3) is 16.6 Å². The largest absolute Gasteiger partial charge is 0.382 e. The third-order valence-electron chi connectivity index (χ3n) is 4.66. The highest BCUT2D eigenvalue weighted by Gasteiger charge is 2.20. The van der Waals surface area contributed by atoms with E-state index >= 15 is 0 Å². The van der Waals surface area contributed by atoms with Gasteiger partial charge in [-0.25, -0.2) is 19.3 Å². The summed E-state index contributed by atoms with van der Waals surface area (Å²) in [7, 11) is 1.55. The van der Waals surface area contributed by atoms with Gasteiger partial charge in [0.1, 0.15) is 17.7 Å². The van der Waals surface area contributed by atoms with Crippen LogP contribution < -0.4 is 21.7 Å². The van der Waals surface area contributed by atoms with E-state index in [0.29, 0.717) is 28.1 Å². The van der Waals surface area contributed by atoms with Gasteiger partial charge >= 0.3 is 6.03 Å². The Balaban J connectivity index is 1.62. The summed E-state index contributed by atoms with van der Waals surface area (Å²) < 4.78 is 1.52. The van der Waals surface area contributed by atoms with Crippen LogP contribution in [-0.4, -0.2) is 38.6 Å². The second-order valence-corrected chi connectivity index (χ2v) is 6.81. The third kappa shape index (κ3) is 3.99. The molecule has 0 bridgehead atoms. The molecule has 0 atom stereocenters. The van der Waals surface area contributed by atoms with Crippen molar-refractivity contribution < 1.29 is 9.59 Å². The number of carbonyl (C=O) groups excluding carboxylic acids is 2. The van der Waals surface area contributed by atoms with Crippen LogP contribution in [0.2, 0.25) is 0 Å². The van der Waals surface area contributed by atoms with Gasteiger partial charge in [0.15, 0.2) is 5.82 Å². The van der Waals surface area contributed by atoms with Gasteiger partial charge in [-0.3, -0.25) is 10.1 Å². The number of hydrogen-bond acceptors (Lipinski definition) is 6. The lowest BCUT2D eigenvalue weighted by atomic mass is 10.0. The number of nitrogens with zero attached hydrogens (tertiary/aromatic N) is 4. The molecular weight excluding hydrogens is 396 g/mol. The van der Waals surface area contributed by atoms with Crippen LogP contribution in [0.3, 0.4) is 0 Å². The molecule has 3 aromatic heterocycles. The van der Waals surface area contributed by atoms with Crippen LogP contribution in [0.15, 0.2) is 55.1 Å². The quantitative estimate of drug-likeness (QED) is 0.403. The highest BCUT2D eigenvalue weighted by Crippen LogP contribution is 2.33. The van der Waals surface area contributed by atoms with E-state index in [1.807, 2.05) is 13.0 Å². The van der Waals surface area contributed by atoms with Gasteiger partial charge in [0.05, 0.1) is 5.56 Å². The first-order valence-electron chi connectivity index (χ1n) is 9.41. The molecular formula is C21H20N8O2. The Hall–Kier alpha value is -4.47. The molecule has 3 amide bonds. The van der Waals surface area contributed by atoms with Crippen molar-refractivity contribution in [1.82, 2.24) is 24.9 Å². The predicted octanol–water partition coefficient (Wildman–Crippen LogP) is 2.69. The fourth-order valence-corrected chi connectivity index (χ4v) is 3.24. The predicted molar refractivity (Wildman–Crippen MR) is 118 cm³/mol. The minimum absolute atomic E-state index is 0.257. The summed E-state index contributed by atoms with van der Waals surface area (Å²) in [5, 5.41) is 12.2. The number of aromatic nitrogens is 4. The van der Waals surface area contributed by atoms with Gasteiger partial charge in [0.2, 0.25) is 0 Å². The number of hydrogen-bond donors (Lipinski definition) is 4. The molecule has 10 nitrogen and oxygen atoms in total. The van der Waals surface area contributed by atoms with E-state index in [2.05, 4.69) is 31.0 Å². The van der Waals surface area contributed by atoms with Crippen molar-refractivity contribution in [1.29, 1.82) is 0 Å². The summed E-state index contributed by atoms with van der Waals surface area (Å²) in [6.45, 7) is 1.92. The molecule has 10 heteroatoms. The fourth-order valence-electron chi connectivity index (χ4n) is 3.24. The summed E-state index contributed by atoms with van der Waals surface area (Å²) in [6, 6.07) is 10.2. The van der Waals surface area contributed by atoms with Gasteiger partial charge in [0.25, 0.3) is 5.91 Å². The molecule has 0 saturated carbocycles. The van der Waals surface area contributed by atoms with E-state index in [1.165, 1.54) is 10.8 Å². The van der Waals surface area contributed by atoms with E-state index in [4.69, 9.17) is 5.73 Å². The van der Waals surface area contributed by atoms with Crippen LogP contribution in [0.1, 0.15) is 15.9 Å². The molecule has 0 aliphatic rings. The van der Waals surface area contributed by atoms with Gasteiger partial charge < -0.3 is 16.4 Å². The monoisotopic (exact) mass is 416 g/mol. The maximum atomic E-state index is 12.4. The lowest BCUT2D eigenvalue weighted by molar-refractivity contribution is 0.0963. The Labute approximate surface area is 177 Å². The highest BCUT2D eigenvalue weighted by atomic mass is 16.2. The molecule has 0 aliphatic heterocycles. The van der Waals surface area contributed by atoms with Gasteiger partial charge in [-0.15, -0.1) is 0 Å². The highest BCUT2D eigenvalue weighted by molar-refractivity contribution is 6.07. The van der Waals surface area contributed by atoms with Gasteiger partial charge in [-0.2, -0.15) is 5.10 Å². The SMILES string of the molecule is CNC(=O)c1cn2ncnc(N)c2c1-c1ccc(NC(=O)Nc2cc(C)ccn2)cc1. The Morgan fingerprint density at radius 2 is 1.84 bits per heavy atom. The number of nitrogens with two attached hydrogens (primary N) is 1. The number of nitrogen functional groups attached to an aromatic ring is 1. The molecule has 31 heavy (non-hydrogen) atoms. The normalized spacial score (nSPS) is 10.6. The second-order valence-electron chi connectivity index (χ2n) is 6.81. The first kappa shape index (κ1) is 19.8. The van der Waals surface area contributed by atoms with Crippen molar-refractivity contribution in [3.05, 3.63) is 66.2 Å². The summed E-state index contributed by atoms with van der Waals surface area (Å²) in [6.07, 6.45) is 4.56. The number of urea groups is 1. The lowest BCUT2D eigenvalue weighted by Crippen LogP contribution is -2.20. The molecule has 5 N–H and O–H groups in total. The van der Waals surface area contributed by atoms with E-state index in [0.717, 1.165) is 11.1 Å². The Morgan fingerprint density at radius 3 is 2.55 bits per heavy atom. The smallest absolute Gasteiger partial charge is 0.324 e. The zero-order valence-electron chi connectivity index (χ0n) is 16.9. The van der Waals surface area contributed by atoms with Crippen molar-refractivity contribution in [3.63, 3.8) is 0 Å². The Kier molecular flexibility index (Phi) is 5.19. The van der Waals surface area contributed by atoms with Crippen molar-refractivity contribution in [2.24, 2.45) is 0 Å². The number of benzene rings is 1. The molecule has 1 aromatic carbocycles. The van der Waals surface area contributed by atoms with E-state index < -0.39 is 6.03 Å². The van der Waals surface area contributed by atoms with Crippen LogP contribution >= 0.6 is 0 Å². The molecule has 0 fully saturated rings. The molecule has 3 heterocycles. The van der Waals surface area contributed by atoms with E-state index in [9.17, 15) is 9.59 Å². The molecule has 4 aromatic rings. The van der Waals surface area contributed by atoms with Crippen molar-refractivity contribution in [2.75, 3.05) is 23.4 Å². The summed E-state index contributed by atoms with van der Waals surface area (Å²) >= 11 is 0. The molecule has 156 valence electrons. The van der Waals surface area contributed by atoms with Gasteiger partial charge in [0, 0.05) is 30.7 Å². The maximum absolute atomic E-state index is 12.4. The standard InChI is InChI=1S/C21H20N8O2/c1-12-7-8-24-16(9-12)28-21(31)27-14-5-3-13(4-6-14)17-15(20(30)23-2)10-29-18(17)19(22)25-11-26-29/h3-11H,1-2H3,(H,23,30)(H2,22,25,26)(H2,24,27,28,31). The van der Waals surface area contributed by atoms with Crippen LogP contribution in [0, 0.1) is 6.92 Å². The topological polar surface area (TPSA) is 139 Å². The second kappa shape index (κ2) is 8.11. The molecule has 0 spiro atoms. The number of anilines is 3. The first-order valence-corrected chi connectivity index (χ1v) is 9.41. The minimum atomic E-state index is -0.413. The van der Waals surface area contributed by atoms with Crippen molar-refractivity contribution in [2.45, 2.75) is 6.92 Å². The number of aryl methyl sites for hydroxylation is 1. The van der Waals surface area contributed by atoms with Crippen molar-refractivity contribution in [3.8, 4) is 11.1 Å². The summed E-state index contributed by atoms with van der Waals surface area (Å²) in [5.41, 5.74) is 9.90. The Morgan fingerprint density at radius 1 is 1.06 bits per heavy atom. The van der Waals surface area contributed by atoms with Crippen LogP contribution in [-0.2, 0) is 0 Å². The Bertz CT molecular complexity index is 1280. The summed E-state index contributed by atoms with van der Waals surface area (Å²) in [4.78, 5) is 32.8. The molecule has 4 rings (SSSR count). The molecule has 0 saturated heterocycles. The molecule has 0 aliphatic carbocycles. The fraction of sp³-hybridized carbons (Fsp3) is 0.0952. The average molecular weight is 416 g/mol. The van der Waals surface area contributed by atoms with Crippen molar-refractivity contribution >= 4 is 34.8 Å². The van der Waals surface area contributed by atoms with Gasteiger partial charge in [-0.1, -0.05) is 12.1 Å². The van der Waals surface area contributed by atoms with Gasteiger partial charge in [-0.05, 0) is 42.3 Å². The van der Waals surface area contributed by atoms with Crippen LogP contribution in [0.5, 0.6) is 0 Å². The average Bonchev–Trinajstić information content (AvgIpc) is 3.14. The maximum Gasteiger partial charge on any atom is 0.324 e. The summed E-state index contributed by atoms with van der Waals surface area (Å²) in [5.74, 6) is 0.444. The first-order chi connectivity index (χ1) is 15.0. The number of carbonyl (C=O) groups is 2. The van der Waals surface area contributed by atoms with E-state index in [1.54, 1.807) is 49.8 Å². The number of amides is 3. The molecule has 0 radical (unpaired) electrons. The zero-order chi connectivity index (χ0) is 22.0. The number of pyridine rings is 1. The number of rotatable bonds is 4. The third-order valence-corrected chi connectivity index (χ3v) is 4.66. The number of nitrogens with one attached hydrogen (secondary N) is 3.